The van der Waals surface area contributed by atoms with Crippen LogP contribution >= 0.6 is 0 Å². The van der Waals surface area contributed by atoms with E-state index in [1.54, 1.807) is 11.2 Å². The Morgan fingerprint density at radius 1 is 1.24 bits per heavy atom. The lowest BCUT2D eigenvalue weighted by atomic mass is 10.1. The molecule has 3 aromatic heterocycles. The van der Waals surface area contributed by atoms with Gasteiger partial charge in [0.15, 0.2) is 5.82 Å². The molecule has 1 saturated heterocycles. The van der Waals surface area contributed by atoms with Crippen LogP contribution in [0, 0.1) is 0 Å². The summed E-state index contributed by atoms with van der Waals surface area (Å²) in [6, 6.07) is 10.0. The number of ether oxygens (including phenoxy) is 1. The first-order chi connectivity index (χ1) is 16.6. The summed E-state index contributed by atoms with van der Waals surface area (Å²) in [5.74, 6) is 0.731. The number of anilines is 1. The van der Waals surface area contributed by atoms with Gasteiger partial charge < -0.3 is 29.6 Å². The zero-order valence-electron chi connectivity index (χ0n) is 19.4. The molecular formula is C24H29N7O3. The van der Waals surface area contributed by atoms with E-state index >= 15 is 0 Å². The van der Waals surface area contributed by atoms with Crippen molar-refractivity contribution in [3.05, 3.63) is 42.2 Å². The lowest BCUT2D eigenvalue weighted by molar-refractivity contribution is 0.0674. The maximum absolute atomic E-state index is 12.5. The number of pyridine rings is 1. The first-order valence-corrected chi connectivity index (χ1v) is 11.4. The number of fused-ring (bicyclic) bond motifs is 3. The fraction of sp³-hybridized carbons (Fsp3) is 0.375. The molecule has 1 aliphatic rings. The van der Waals surface area contributed by atoms with Crippen LogP contribution in [0.1, 0.15) is 5.56 Å². The number of hydrogen-bond donors (Lipinski definition) is 3. The van der Waals surface area contributed by atoms with Gasteiger partial charge in [-0.15, -0.1) is 0 Å². The van der Waals surface area contributed by atoms with Crippen LogP contribution in [0.5, 0.6) is 0 Å². The largest absolute Gasteiger partial charge is 0.445 e. The normalized spacial score (nSPS) is 14.7. The summed E-state index contributed by atoms with van der Waals surface area (Å²) in [4.78, 5) is 29.0. The molecule has 5 rings (SSSR count). The number of nitrogens with one attached hydrogen (secondary N) is 2. The maximum Gasteiger partial charge on any atom is 0.410 e. The minimum atomic E-state index is -0.304. The topological polar surface area (TPSA) is 112 Å². The lowest BCUT2D eigenvalue weighted by Crippen LogP contribution is -2.49. The molecule has 0 unspecified atom stereocenters. The number of aliphatic hydroxyl groups excluding tert-OH is 1. The molecule has 0 spiro atoms. The average Bonchev–Trinajstić information content (AvgIpc) is 3.46. The third-order valence-electron chi connectivity index (χ3n) is 6.32. The second-order valence-electron chi connectivity index (χ2n) is 8.52. The summed E-state index contributed by atoms with van der Waals surface area (Å²) in [6.07, 6.45) is 1.49. The molecule has 0 saturated carbocycles. The Morgan fingerprint density at radius 3 is 2.82 bits per heavy atom. The summed E-state index contributed by atoms with van der Waals surface area (Å²) in [5.41, 5.74) is 5.48. The van der Waals surface area contributed by atoms with E-state index in [-0.39, 0.29) is 19.3 Å². The third-order valence-corrected chi connectivity index (χ3v) is 6.32. The smallest absolute Gasteiger partial charge is 0.410 e. The number of hydrogen-bond acceptors (Lipinski definition) is 7. The average molecular weight is 464 g/mol. The summed E-state index contributed by atoms with van der Waals surface area (Å²) < 4.78 is 7.58. The zero-order chi connectivity index (χ0) is 23.7. The Morgan fingerprint density at radius 2 is 2.06 bits per heavy atom. The van der Waals surface area contributed by atoms with Crippen molar-refractivity contribution in [1.82, 2.24) is 29.3 Å². The van der Waals surface area contributed by atoms with Gasteiger partial charge in [0.1, 0.15) is 17.8 Å². The number of β-amino-alcohol motifs (C(OH)–C–C–N with tert-alkyl or cyclic N) is 1. The van der Waals surface area contributed by atoms with E-state index in [9.17, 15) is 4.79 Å². The van der Waals surface area contributed by atoms with Crippen LogP contribution in [-0.4, -0.2) is 86.9 Å². The number of aromatic amines is 1. The molecule has 0 bridgehead atoms. The number of piperazine rings is 1. The highest BCUT2D eigenvalue weighted by Gasteiger charge is 2.22. The first kappa shape index (κ1) is 22.2. The third kappa shape index (κ3) is 4.17. The number of amides is 1. The molecule has 10 heteroatoms. The molecule has 1 fully saturated rings. The van der Waals surface area contributed by atoms with E-state index in [4.69, 9.17) is 14.8 Å². The number of rotatable bonds is 6. The number of nitrogens with zero attached hydrogens (tertiary/aromatic N) is 5. The van der Waals surface area contributed by atoms with Gasteiger partial charge in [0, 0.05) is 57.9 Å². The van der Waals surface area contributed by atoms with Gasteiger partial charge in [0.05, 0.1) is 18.5 Å². The van der Waals surface area contributed by atoms with Crippen LogP contribution in [0.4, 0.5) is 10.6 Å². The standard InChI is InChI=1S/C24H29N7O3/c1-25-23-20-21(29(2)15-26-20)18-13-19(27-22(18)28-23)17-5-3-4-16(12-17)14-34-24(33)31-8-6-30(7-9-31)10-11-32/h3-5,12-13,15,32H,6-11,14H2,1-2H3,(H2,25,27,28). The highest BCUT2D eigenvalue weighted by atomic mass is 16.6. The van der Waals surface area contributed by atoms with Gasteiger partial charge >= 0.3 is 6.09 Å². The molecule has 0 atom stereocenters. The molecule has 1 aromatic carbocycles. The number of H-pyrrole nitrogens is 1. The molecule has 0 radical (unpaired) electrons. The fourth-order valence-electron chi connectivity index (χ4n) is 4.49. The van der Waals surface area contributed by atoms with Crippen molar-refractivity contribution in [2.45, 2.75) is 6.61 Å². The Hall–Kier alpha value is -3.63. The minimum absolute atomic E-state index is 0.136. The molecule has 4 heterocycles. The van der Waals surface area contributed by atoms with Crippen molar-refractivity contribution in [3.63, 3.8) is 0 Å². The van der Waals surface area contributed by atoms with E-state index in [0.29, 0.717) is 19.6 Å². The van der Waals surface area contributed by atoms with E-state index < -0.39 is 0 Å². The lowest BCUT2D eigenvalue weighted by Gasteiger charge is -2.33. The minimum Gasteiger partial charge on any atom is -0.445 e. The van der Waals surface area contributed by atoms with Gasteiger partial charge in [0.2, 0.25) is 0 Å². The predicted molar refractivity (Wildman–Crippen MR) is 131 cm³/mol. The van der Waals surface area contributed by atoms with Gasteiger partial charge in [-0.3, -0.25) is 4.90 Å². The van der Waals surface area contributed by atoms with E-state index in [0.717, 1.165) is 57.8 Å². The van der Waals surface area contributed by atoms with Crippen molar-refractivity contribution in [2.75, 3.05) is 51.7 Å². The van der Waals surface area contributed by atoms with E-state index in [1.807, 2.05) is 42.9 Å². The Labute approximate surface area is 197 Å². The highest BCUT2D eigenvalue weighted by Crippen LogP contribution is 2.31. The molecule has 1 amide bonds. The maximum atomic E-state index is 12.5. The number of aliphatic hydroxyl groups is 1. The number of carbonyl (C=O) groups is 1. The molecule has 34 heavy (non-hydrogen) atoms. The van der Waals surface area contributed by atoms with Gasteiger partial charge in [-0.25, -0.2) is 14.8 Å². The number of benzene rings is 1. The molecule has 3 N–H and O–H groups in total. The number of aryl methyl sites for hydroxylation is 1. The fourth-order valence-corrected chi connectivity index (χ4v) is 4.49. The number of imidazole rings is 1. The first-order valence-electron chi connectivity index (χ1n) is 11.4. The van der Waals surface area contributed by atoms with E-state index in [1.165, 1.54) is 0 Å². The Kier molecular flexibility index (Phi) is 6.08. The van der Waals surface area contributed by atoms with Crippen LogP contribution in [-0.2, 0) is 18.4 Å². The number of carbonyl (C=O) groups excluding carboxylic acids is 1. The van der Waals surface area contributed by atoms with Crippen molar-refractivity contribution in [1.29, 1.82) is 0 Å². The van der Waals surface area contributed by atoms with E-state index in [2.05, 4.69) is 26.3 Å². The Bertz CT molecular complexity index is 1320. The summed E-state index contributed by atoms with van der Waals surface area (Å²) >= 11 is 0. The van der Waals surface area contributed by atoms with Gasteiger partial charge in [-0.2, -0.15) is 0 Å². The molecule has 1 aliphatic heterocycles. The molecule has 178 valence electrons. The van der Waals surface area contributed by atoms with Gasteiger partial charge in [-0.05, 0) is 23.3 Å². The van der Waals surface area contributed by atoms with Crippen molar-refractivity contribution < 1.29 is 14.6 Å². The van der Waals surface area contributed by atoms with Crippen LogP contribution in [0.25, 0.3) is 33.3 Å². The molecule has 4 aromatic rings. The molecule has 0 aliphatic carbocycles. The quantitative estimate of drug-likeness (QED) is 0.403. The van der Waals surface area contributed by atoms with Crippen LogP contribution in [0.3, 0.4) is 0 Å². The van der Waals surface area contributed by atoms with Crippen molar-refractivity contribution in [2.24, 2.45) is 7.05 Å². The van der Waals surface area contributed by atoms with Crippen LogP contribution in [0.2, 0.25) is 0 Å². The van der Waals surface area contributed by atoms with Gasteiger partial charge in [-0.1, -0.05) is 18.2 Å². The van der Waals surface area contributed by atoms with Crippen LogP contribution in [0.15, 0.2) is 36.7 Å². The number of aromatic nitrogens is 4. The molecular weight excluding hydrogens is 434 g/mol. The predicted octanol–water partition coefficient (Wildman–Crippen LogP) is 2.40. The second kappa shape index (κ2) is 9.32. The summed E-state index contributed by atoms with van der Waals surface area (Å²) in [5, 5.41) is 13.2. The zero-order valence-corrected chi connectivity index (χ0v) is 19.4. The second-order valence-corrected chi connectivity index (χ2v) is 8.52. The van der Waals surface area contributed by atoms with Crippen molar-refractivity contribution in [3.8, 4) is 11.3 Å². The molecule has 10 nitrogen and oxygen atoms in total. The summed E-state index contributed by atoms with van der Waals surface area (Å²) in [6.45, 7) is 3.70. The van der Waals surface area contributed by atoms with Crippen molar-refractivity contribution >= 4 is 34.0 Å². The highest BCUT2D eigenvalue weighted by molar-refractivity contribution is 6.07. The van der Waals surface area contributed by atoms with Gasteiger partial charge in [0.25, 0.3) is 0 Å². The summed E-state index contributed by atoms with van der Waals surface area (Å²) in [7, 11) is 3.81. The Balaban J connectivity index is 1.32. The monoisotopic (exact) mass is 463 g/mol. The van der Waals surface area contributed by atoms with Crippen LogP contribution < -0.4 is 5.32 Å². The SMILES string of the molecule is CNc1nc2[nH]c(-c3cccc(COC(=O)N4CCN(CCO)CC4)c3)cc2c2c1ncn2C.